The average molecular weight is 399 g/mol. The third kappa shape index (κ3) is 4.82. The van der Waals surface area contributed by atoms with Crippen LogP contribution in [-0.4, -0.2) is 45.3 Å². The fourth-order valence-corrected chi connectivity index (χ4v) is 3.68. The van der Waals surface area contributed by atoms with Crippen LogP contribution < -0.4 is 19.5 Å². The molecule has 0 radical (unpaired) electrons. The Morgan fingerprint density at radius 2 is 1.72 bits per heavy atom. The van der Waals surface area contributed by atoms with Crippen molar-refractivity contribution in [3.8, 4) is 17.2 Å². The SMILES string of the molecule is COc1ccc(C(C(=O)NCC(c2ccc3c(c2)OCO3)N(C)C)C(C)C)cc1. The molecule has 1 aliphatic rings. The molecule has 2 aromatic rings. The van der Waals surface area contributed by atoms with E-state index in [4.69, 9.17) is 14.2 Å². The normalized spacial score (nSPS) is 14.7. The number of hydrogen-bond acceptors (Lipinski definition) is 5. The van der Waals surface area contributed by atoms with Crippen LogP contribution >= 0.6 is 0 Å². The Kier molecular flexibility index (Phi) is 6.64. The predicted octanol–water partition coefficient (Wildman–Crippen LogP) is 3.58. The minimum Gasteiger partial charge on any atom is -0.497 e. The molecule has 0 aromatic heterocycles. The maximum atomic E-state index is 13.1. The lowest BCUT2D eigenvalue weighted by Gasteiger charge is -2.27. The molecular weight excluding hydrogens is 368 g/mol. The van der Waals surface area contributed by atoms with Crippen LogP contribution in [0.25, 0.3) is 0 Å². The Hall–Kier alpha value is -2.73. The molecular formula is C23H30N2O4. The number of benzene rings is 2. The number of amides is 1. The van der Waals surface area contributed by atoms with Crippen molar-refractivity contribution in [2.24, 2.45) is 5.92 Å². The van der Waals surface area contributed by atoms with E-state index < -0.39 is 0 Å². The molecule has 1 N–H and O–H groups in total. The second kappa shape index (κ2) is 9.18. The Bertz CT molecular complexity index is 833. The Morgan fingerprint density at radius 1 is 1.07 bits per heavy atom. The lowest BCUT2D eigenvalue weighted by Crippen LogP contribution is -2.38. The Labute approximate surface area is 172 Å². The molecule has 6 nitrogen and oxygen atoms in total. The molecule has 0 fully saturated rings. The highest BCUT2D eigenvalue weighted by Gasteiger charge is 2.26. The summed E-state index contributed by atoms with van der Waals surface area (Å²) >= 11 is 0. The fourth-order valence-electron chi connectivity index (χ4n) is 3.68. The second-order valence-electron chi connectivity index (χ2n) is 7.83. The maximum absolute atomic E-state index is 13.1. The van der Waals surface area contributed by atoms with Crippen molar-refractivity contribution >= 4 is 5.91 Å². The molecule has 29 heavy (non-hydrogen) atoms. The van der Waals surface area contributed by atoms with E-state index in [2.05, 4.69) is 24.1 Å². The lowest BCUT2D eigenvalue weighted by atomic mass is 9.87. The highest BCUT2D eigenvalue weighted by Crippen LogP contribution is 2.35. The van der Waals surface area contributed by atoms with Gasteiger partial charge in [-0.1, -0.05) is 32.0 Å². The smallest absolute Gasteiger partial charge is 0.231 e. The van der Waals surface area contributed by atoms with Gasteiger partial charge in [-0.25, -0.2) is 0 Å². The summed E-state index contributed by atoms with van der Waals surface area (Å²) in [6, 6.07) is 13.7. The van der Waals surface area contributed by atoms with Crippen LogP contribution in [0.1, 0.15) is 36.9 Å². The zero-order valence-corrected chi connectivity index (χ0v) is 17.8. The predicted molar refractivity (Wildman–Crippen MR) is 113 cm³/mol. The van der Waals surface area contributed by atoms with E-state index in [0.29, 0.717) is 6.54 Å². The van der Waals surface area contributed by atoms with Crippen LogP contribution in [0.2, 0.25) is 0 Å². The second-order valence-corrected chi connectivity index (χ2v) is 7.83. The molecule has 1 aliphatic heterocycles. The standard InChI is InChI=1S/C23H30N2O4/c1-15(2)22(16-6-9-18(27-5)10-7-16)23(26)24-13-19(25(3)4)17-8-11-20-21(12-17)29-14-28-20/h6-12,15,19,22H,13-14H2,1-5H3,(H,24,26). The monoisotopic (exact) mass is 398 g/mol. The Balaban J connectivity index is 1.72. The van der Waals surface area contributed by atoms with Crippen molar-refractivity contribution in [1.29, 1.82) is 0 Å². The molecule has 0 bridgehead atoms. The van der Waals surface area contributed by atoms with Crippen molar-refractivity contribution in [2.75, 3.05) is 34.5 Å². The first-order chi connectivity index (χ1) is 13.9. The summed E-state index contributed by atoms with van der Waals surface area (Å²) in [5.41, 5.74) is 2.06. The first-order valence-electron chi connectivity index (χ1n) is 9.88. The molecule has 0 aliphatic carbocycles. The number of nitrogens with one attached hydrogen (secondary N) is 1. The Morgan fingerprint density at radius 3 is 2.34 bits per heavy atom. The van der Waals surface area contributed by atoms with Crippen LogP contribution in [0.4, 0.5) is 0 Å². The summed E-state index contributed by atoms with van der Waals surface area (Å²) in [4.78, 5) is 15.2. The van der Waals surface area contributed by atoms with Crippen molar-refractivity contribution in [1.82, 2.24) is 10.2 Å². The molecule has 156 valence electrons. The van der Waals surface area contributed by atoms with Gasteiger partial charge >= 0.3 is 0 Å². The van der Waals surface area contributed by atoms with E-state index in [1.165, 1.54) is 0 Å². The molecule has 0 saturated heterocycles. The van der Waals surface area contributed by atoms with E-state index in [1.807, 2.05) is 56.6 Å². The van der Waals surface area contributed by atoms with Crippen LogP contribution in [-0.2, 0) is 4.79 Å². The van der Waals surface area contributed by atoms with Gasteiger partial charge in [0.1, 0.15) is 5.75 Å². The largest absolute Gasteiger partial charge is 0.497 e. The molecule has 6 heteroatoms. The molecule has 1 amide bonds. The van der Waals surface area contributed by atoms with Gasteiger partial charge in [0.05, 0.1) is 19.1 Å². The highest BCUT2D eigenvalue weighted by molar-refractivity contribution is 5.84. The van der Waals surface area contributed by atoms with Gasteiger partial charge in [0.15, 0.2) is 11.5 Å². The number of carbonyl (C=O) groups is 1. The molecule has 3 rings (SSSR count). The number of rotatable bonds is 8. The summed E-state index contributed by atoms with van der Waals surface area (Å²) in [6.45, 7) is 4.89. The van der Waals surface area contributed by atoms with E-state index in [-0.39, 0.29) is 30.6 Å². The maximum Gasteiger partial charge on any atom is 0.231 e. The summed E-state index contributed by atoms with van der Waals surface area (Å²) in [7, 11) is 5.65. The molecule has 2 atom stereocenters. The van der Waals surface area contributed by atoms with Crippen molar-refractivity contribution in [2.45, 2.75) is 25.8 Å². The highest BCUT2D eigenvalue weighted by atomic mass is 16.7. The minimum atomic E-state index is -0.222. The number of likely N-dealkylation sites (N-methyl/N-ethyl adjacent to an activating group) is 1. The number of nitrogens with zero attached hydrogens (tertiary/aromatic N) is 1. The summed E-state index contributed by atoms with van der Waals surface area (Å²) in [5, 5.41) is 3.15. The van der Waals surface area contributed by atoms with Crippen molar-refractivity contribution in [3.63, 3.8) is 0 Å². The van der Waals surface area contributed by atoms with Crippen LogP contribution in [0.3, 0.4) is 0 Å². The van der Waals surface area contributed by atoms with E-state index >= 15 is 0 Å². The van der Waals surface area contributed by atoms with Gasteiger partial charge in [-0.3, -0.25) is 4.79 Å². The lowest BCUT2D eigenvalue weighted by molar-refractivity contribution is -0.123. The first kappa shape index (κ1) is 21.0. The average Bonchev–Trinajstić information content (AvgIpc) is 3.16. The van der Waals surface area contributed by atoms with Crippen molar-refractivity contribution in [3.05, 3.63) is 53.6 Å². The third-order valence-corrected chi connectivity index (χ3v) is 5.30. The van der Waals surface area contributed by atoms with Gasteiger partial charge in [0.25, 0.3) is 0 Å². The molecule has 2 aromatic carbocycles. The zero-order valence-electron chi connectivity index (χ0n) is 17.8. The minimum absolute atomic E-state index is 0.0251. The van der Waals surface area contributed by atoms with Crippen LogP contribution in [0.15, 0.2) is 42.5 Å². The van der Waals surface area contributed by atoms with Crippen molar-refractivity contribution < 1.29 is 19.0 Å². The molecule has 2 unspecified atom stereocenters. The summed E-state index contributed by atoms with van der Waals surface area (Å²) < 4.78 is 16.1. The van der Waals surface area contributed by atoms with Gasteiger partial charge in [0.2, 0.25) is 12.7 Å². The number of methoxy groups -OCH3 is 1. The fraction of sp³-hybridized carbons (Fsp3) is 0.435. The topological polar surface area (TPSA) is 60.0 Å². The van der Waals surface area contributed by atoms with Crippen LogP contribution in [0.5, 0.6) is 17.2 Å². The van der Waals surface area contributed by atoms with Gasteiger partial charge in [-0.15, -0.1) is 0 Å². The van der Waals surface area contributed by atoms with Gasteiger partial charge in [-0.05, 0) is 55.4 Å². The van der Waals surface area contributed by atoms with E-state index in [9.17, 15) is 4.79 Å². The number of carbonyl (C=O) groups excluding carboxylic acids is 1. The first-order valence-corrected chi connectivity index (χ1v) is 9.88. The quantitative estimate of drug-likeness (QED) is 0.737. The third-order valence-electron chi connectivity index (χ3n) is 5.30. The van der Waals surface area contributed by atoms with Gasteiger partial charge in [0, 0.05) is 6.54 Å². The number of fused-ring (bicyclic) bond motifs is 1. The van der Waals surface area contributed by atoms with Crippen LogP contribution in [0, 0.1) is 5.92 Å². The molecule has 0 saturated carbocycles. The number of hydrogen-bond donors (Lipinski definition) is 1. The van der Waals surface area contributed by atoms with E-state index in [1.54, 1.807) is 7.11 Å². The van der Waals surface area contributed by atoms with Gasteiger partial charge < -0.3 is 24.4 Å². The molecule has 1 heterocycles. The van der Waals surface area contributed by atoms with Gasteiger partial charge in [-0.2, -0.15) is 0 Å². The number of ether oxygens (including phenoxy) is 3. The zero-order chi connectivity index (χ0) is 21.0. The summed E-state index contributed by atoms with van der Waals surface area (Å²) in [5.74, 6) is 2.27. The summed E-state index contributed by atoms with van der Waals surface area (Å²) in [6.07, 6.45) is 0. The molecule has 0 spiro atoms. The van der Waals surface area contributed by atoms with E-state index in [0.717, 1.165) is 28.4 Å².